The average molecular weight is 323 g/mol. The van der Waals surface area contributed by atoms with Crippen LogP contribution in [0.3, 0.4) is 0 Å². The Labute approximate surface area is 139 Å². The lowest BCUT2D eigenvalue weighted by atomic mass is 10.1. The second-order valence-corrected chi connectivity index (χ2v) is 6.46. The first-order valence-electron chi connectivity index (χ1n) is 7.32. The SMILES string of the molecule is Cc1ccc(C(=O)Nc2nnc(-c3ccccc3C)s2)cc1C. The molecule has 4 nitrogen and oxygen atoms in total. The zero-order chi connectivity index (χ0) is 16.4. The van der Waals surface area contributed by atoms with Gasteiger partial charge in [-0.3, -0.25) is 10.1 Å². The summed E-state index contributed by atoms with van der Waals surface area (Å²) in [6.07, 6.45) is 0. The Bertz CT molecular complexity index is 870. The molecule has 1 aromatic heterocycles. The fraction of sp³-hybridized carbons (Fsp3) is 0.167. The van der Waals surface area contributed by atoms with Gasteiger partial charge in [-0.1, -0.05) is 41.7 Å². The summed E-state index contributed by atoms with van der Waals surface area (Å²) in [5, 5.41) is 12.4. The van der Waals surface area contributed by atoms with Gasteiger partial charge < -0.3 is 0 Å². The van der Waals surface area contributed by atoms with E-state index in [1.807, 2.05) is 63.2 Å². The summed E-state index contributed by atoms with van der Waals surface area (Å²) in [5.41, 5.74) is 5.06. The predicted octanol–water partition coefficient (Wildman–Crippen LogP) is 4.38. The Morgan fingerprint density at radius 1 is 0.957 bits per heavy atom. The summed E-state index contributed by atoms with van der Waals surface area (Å²) in [4.78, 5) is 12.3. The van der Waals surface area contributed by atoms with Gasteiger partial charge in [-0.15, -0.1) is 10.2 Å². The minimum Gasteiger partial charge on any atom is -0.296 e. The number of benzene rings is 2. The molecule has 5 heteroatoms. The highest BCUT2D eigenvalue weighted by molar-refractivity contribution is 7.18. The van der Waals surface area contributed by atoms with Crippen LogP contribution in [-0.2, 0) is 0 Å². The number of nitrogens with zero attached hydrogens (tertiary/aromatic N) is 2. The summed E-state index contributed by atoms with van der Waals surface area (Å²) in [5.74, 6) is -0.166. The molecule has 0 aliphatic carbocycles. The van der Waals surface area contributed by atoms with Crippen molar-refractivity contribution < 1.29 is 4.79 Å². The largest absolute Gasteiger partial charge is 0.296 e. The Morgan fingerprint density at radius 3 is 2.48 bits per heavy atom. The predicted molar refractivity (Wildman–Crippen MR) is 94.0 cm³/mol. The number of anilines is 1. The summed E-state index contributed by atoms with van der Waals surface area (Å²) in [6.45, 7) is 6.05. The maximum Gasteiger partial charge on any atom is 0.257 e. The molecular weight excluding hydrogens is 306 g/mol. The van der Waals surface area contributed by atoms with Crippen LogP contribution in [0.4, 0.5) is 5.13 Å². The van der Waals surface area contributed by atoms with Gasteiger partial charge in [0, 0.05) is 11.1 Å². The normalized spacial score (nSPS) is 10.6. The molecular formula is C18H17N3OS. The van der Waals surface area contributed by atoms with Crippen LogP contribution >= 0.6 is 11.3 Å². The minimum absolute atomic E-state index is 0.166. The first kappa shape index (κ1) is 15.4. The second-order valence-electron chi connectivity index (χ2n) is 5.48. The number of rotatable bonds is 3. The second kappa shape index (κ2) is 6.30. The molecule has 0 radical (unpaired) electrons. The highest BCUT2D eigenvalue weighted by Gasteiger charge is 2.12. The Balaban J connectivity index is 1.80. The molecule has 1 heterocycles. The average Bonchev–Trinajstić information content (AvgIpc) is 2.98. The number of nitrogens with one attached hydrogen (secondary N) is 1. The van der Waals surface area contributed by atoms with E-state index in [4.69, 9.17) is 0 Å². The quantitative estimate of drug-likeness (QED) is 0.778. The highest BCUT2D eigenvalue weighted by Crippen LogP contribution is 2.28. The summed E-state index contributed by atoms with van der Waals surface area (Å²) >= 11 is 1.38. The monoisotopic (exact) mass is 323 g/mol. The Hall–Kier alpha value is -2.53. The standard InChI is InChI=1S/C18H17N3OS/c1-11-8-9-14(10-13(11)3)16(22)19-18-21-20-17(23-18)15-7-5-4-6-12(15)2/h4-10H,1-3H3,(H,19,21,22). The van der Waals surface area contributed by atoms with E-state index in [0.29, 0.717) is 10.7 Å². The molecule has 0 spiro atoms. The van der Waals surface area contributed by atoms with Crippen LogP contribution in [0.5, 0.6) is 0 Å². The zero-order valence-corrected chi connectivity index (χ0v) is 14.1. The fourth-order valence-corrected chi connectivity index (χ4v) is 3.08. The van der Waals surface area contributed by atoms with Crippen molar-refractivity contribution in [3.8, 4) is 10.6 Å². The van der Waals surface area contributed by atoms with E-state index in [1.165, 1.54) is 16.9 Å². The third-order valence-corrected chi connectivity index (χ3v) is 4.66. The Kier molecular flexibility index (Phi) is 4.21. The van der Waals surface area contributed by atoms with Crippen LogP contribution in [0.2, 0.25) is 0 Å². The number of amides is 1. The van der Waals surface area contributed by atoms with Gasteiger partial charge in [0.1, 0.15) is 5.01 Å². The third-order valence-electron chi connectivity index (χ3n) is 3.79. The van der Waals surface area contributed by atoms with Crippen molar-refractivity contribution in [2.45, 2.75) is 20.8 Å². The lowest BCUT2D eigenvalue weighted by Gasteiger charge is -2.04. The van der Waals surface area contributed by atoms with Crippen LogP contribution in [0.25, 0.3) is 10.6 Å². The number of carbonyl (C=O) groups excluding carboxylic acids is 1. The van der Waals surface area contributed by atoms with Gasteiger partial charge >= 0.3 is 0 Å². The zero-order valence-electron chi connectivity index (χ0n) is 13.3. The van der Waals surface area contributed by atoms with E-state index >= 15 is 0 Å². The molecule has 3 aromatic rings. The van der Waals surface area contributed by atoms with Crippen LogP contribution < -0.4 is 5.32 Å². The molecule has 23 heavy (non-hydrogen) atoms. The summed E-state index contributed by atoms with van der Waals surface area (Å²) in [7, 11) is 0. The lowest BCUT2D eigenvalue weighted by Crippen LogP contribution is -2.12. The molecule has 0 saturated carbocycles. The van der Waals surface area contributed by atoms with Crippen molar-refractivity contribution in [2.24, 2.45) is 0 Å². The minimum atomic E-state index is -0.166. The van der Waals surface area contributed by atoms with Crippen molar-refractivity contribution in [3.05, 3.63) is 64.7 Å². The molecule has 0 aliphatic heterocycles. The smallest absolute Gasteiger partial charge is 0.257 e. The first-order chi connectivity index (χ1) is 11.0. The third kappa shape index (κ3) is 3.29. The van der Waals surface area contributed by atoms with E-state index in [-0.39, 0.29) is 5.91 Å². The maximum atomic E-state index is 12.3. The Morgan fingerprint density at radius 2 is 1.74 bits per heavy atom. The van der Waals surface area contributed by atoms with Gasteiger partial charge in [-0.25, -0.2) is 0 Å². The molecule has 2 aromatic carbocycles. The first-order valence-corrected chi connectivity index (χ1v) is 8.14. The van der Waals surface area contributed by atoms with Crippen molar-refractivity contribution >= 4 is 22.4 Å². The molecule has 0 atom stereocenters. The molecule has 0 saturated heterocycles. The molecule has 3 rings (SSSR count). The number of carbonyl (C=O) groups is 1. The van der Waals surface area contributed by atoms with Crippen LogP contribution in [-0.4, -0.2) is 16.1 Å². The van der Waals surface area contributed by atoms with Crippen molar-refractivity contribution in [2.75, 3.05) is 5.32 Å². The van der Waals surface area contributed by atoms with Gasteiger partial charge in [0.25, 0.3) is 5.91 Å². The molecule has 1 N–H and O–H groups in total. The fourth-order valence-electron chi connectivity index (χ4n) is 2.25. The van der Waals surface area contributed by atoms with E-state index in [2.05, 4.69) is 15.5 Å². The number of aryl methyl sites for hydroxylation is 3. The van der Waals surface area contributed by atoms with Crippen molar-refractivity contribution in [1.82, 2.24) is 10.2 Å². The van der Waals surface area contributed by atoms with Gasteiger partial charge in [0.05, 0.1) is 0 Å². The van der Waals surface area contributed by atoms with Gasteiger partial charge in [0.15, 0.2) is 0 Å². The number of hydrogen-bond donors (Lipinski definition) is 1. The van der Waals surface area contributed by atoms with E-state index in [0.717, 1.165) is 21.7 Å². The van der Waals surface area contributed by atoms with Crippen molar-refractivity contribution in [3.63, 3.8) is 0 Å². The molecule has 0 fully saturated rings. The van der Waals surface area contributed by atoms with Gasteiger partial charge in [-0.05, 0) is 49.6 Å². The van der Waals surface area contributed by atoms with Gasteiger partial charge in [0.2, 0.25) is 5.13 Å². The molecule has 0 bridgehead atoms. The molecule has 0 aliphatic rings. The molecule has 1 amide bonds. The van der Waals surface area contributed by atoms with E-state index in [1.54, 1.807) is 0 Å². The van der Waals surface area contributed by atoms with Crippen LogP contribution in [0, 0.1) is 20.8 Å². The molecule has 0 unspecified atom stereocenters. The number of aromatic nitrogens is 2. The molecule has 116 valence electrons. The van der Waals surface area contributed by atoms with Gasteiger partial charge in [-0.2, -0.15) is 0 Å². The number of hydrogen-bond acceptors (Lipinski definition) is 4. The highest BCUT2D eigenvalue weighted by atomic mass is 32.1. The van der Waals surface area contributed by atoms with Crippen molar-refractivity contribution in [1.29, 1.82) is 0 Å². The maximum absolute atomic E-state index is 12.3. The van der Waals surface area contributed by atoms with E-state index < -0.39 is 0 Å². The topological polar surface area (TPSA) is 54.9 Å². The summed E-state index contributed by atoms with van der Waals surface area (Å²) in [6, 6.07) is 13.6. The lowest BCUT2D eigenvalue weighted by molar-refractivity contribution is 0.102. The van der Waals surface area contributed by atoms with E-state index in [9.17, 15) is 4.79 Å². The summed E-state index contributed by atoms with van der Waals surface area (Å²) < 4.78 is 0. The van der Waals surface area contributed by atoms with Crippen LogP contribution in [0.15, 0.2) is 42.5 Å². The van der Waals surface area contributed by atoms with Crippen LogP contribution in [0.1, 0.15) is 27.0 Å².